The number of carbonyl (C=O) groups excluding carboxylic acids is 1. The highest BCUT2D eigenvalue weighted by atomic mass is 35.5. The molecule has 0 saturated heterocycles. The van der Waals surface area contributed by atoms with Crippen LogP contribution in [0.2, 0.25) is 10.0 Å². The van der Waals surface area contributed by atoms with Crippen molar-refractivity contribution < 1.29 is 9.90 Å². The van der Waals surface area contributed by atoms with Gasteiger partial charge >= 0.3 is 0 Å². The maximum absolute atomic E-state index is 10.8. The summed E-state index contributed by atoms with van der Waals surface area (Å²) in [6.45, 7) is 0. The van der Waals surface area contributed by atoms with Gasteiger partial charge in [-0.25, -0.2) is 0 Å². The number of carboxylic acid groups (broad SMARTS) is 1. The number of carbonyl (C=O) groups is 1. The Labute approximate surface area is 112 Å². The summed E-state index contributed by atoms with van der Waals surface area (Å²) < 4.78 is -1.34. The number of rotatable bonds is 2. The maximum atomic E-state index is 10.8. The average Bonchev–Trinajstić information content (AvgIpc) is 2.67. The number of carboxylic acids is 1. The van der Waals surface area contributed by atoms with E-state index in [0.29, 0.717) is 15.6 Å². The minimum atomic E-state index is -1.34. The van der Waals surface area contributed by atoms with E-state index in [1.807, 2.05) is 0 Å². The molecule has 0 amide bonds. The van der Waals surface area contributed by atoms with E-state index in [-0.39, 0.29) is 0 Å². The van der Waals surface area contributed by atoms with Crippen molar-refractivity contribution in [2.75, 3.05) is 0 Å². The fourth-order valence-corrected chi connectivity index (χ4v) is 3.14. The Kier molecular flexibility index (Phi) is 3.04. The van der Waals surface area contributed by atoms with E-state index in [4.69, 9.17) is 46.4 Å². The molecular formula is C10H5Cl4O2-. The molecule has 86 valence electrons. The predicted molar refractivity (Wildman–Crippen MR) is 62.1 cm³/mol. The number of halogens is 4. The molecule has 16 heavy (non-hydrogen) atoms. The maximum Gasteiger partial charge on any atom is 0.134 e. The molecule has 0 radical (unpaired) electrons. The topological polar surface area (TPSA) is 40.1 Å². The third-order valence-electron chi connectivity index (χ3n) is 2.55. The normalized spacial score (nSPS) is 26.5. The van der Waals surface area contributed by atoms with Crippen molar-refractivity contribution in [3.8, 4) is 0 Å². The minimum absolute atomic E-state index is 0.413. The standard InChI is InChI=1S/C10H6Cl4O2/c11-5-1-4(2-6(12)3-5)7-8(9(15)16)10(7,13)14/h1-3,7-8H,(H,15,16)/p-1/t7-,8+/m0/s1. The molecule has 0 spiro atoms. The van der Waals surface area contributed by atoms with E-state index in [9.17, 15) is 9.90 Å². The largest absolute Gasteiger partial charge is 0.550 e. The Balaban J connectivity index is 2.37. The van der Waals surface area contributed by atoms with Crippen LogP contribution in [0.25, 0.3) is 0 Å². The van der Waals surface area contributed by atoms with Crippen LogP contribution in [-0.4, -0.2) is 10.3 Å². The van der Waals surface area contributed by atoms with E-state index in [0.717, 1.165) is 0 Å². The van der Waals surface area contributed by atoms with Crippen LogP contribution in [0.4, 0.5) is 0 Å². The second kappa shape index (κ2) is 3.95. The quantitative estimate of drug-likeness (QED) is 0.788. The summed E-state index contributed by atoms with van der Waals surface area (Å²) in [4.78, 5) is 10.8. The first-order valence-electron chi connectivity index (χ1n) is 4.38. The molecular weight excluding hydrogens is 294 g/mol. The minimum Gasteiger partial charge on any atom is -0.550 e. The van der Waals surface area contributed by atoms with Crippen molar-refractivity contribution in [1.82, 2.24) is 0 Å². The molecule has 1 saturated carbocycles. The highest BCUT2D eigenvalue weighted by molar-refractivity contribution is 6.53. The molecule has 2 nitrogen and oxygen atoms in total. The fraction of sp³-hybridized carbons (Fsp3) is 0.300. The fourth-order valence-electron chi connectivity index (χ4n) is 1.79. The van der Waals surface area contributed by atoms with Crippen LogP contribution < -0.4 is 5.11 Å². The van der Waals surface area contributed by atoms with Gasteiger partial charge in [-0.2, -0.15) is 0 Å². The third kappa shape index (κ3) is 2.00. The molecule has 0 heterocycles. The summed E-state index contributed by atoms with van der Waals surface area (Å²) in [5.74, 6) is -2.73. The number of alkyl halides is 2. The molecule has 2 rings (SSSR count). The molecule has 0 aromatic heterocycles. The highest BCUT2D eigenvalue weighted by Crippen LogP contribution is 2.64. The summed E-state index contributed by atoms with van der Waals surface area (Å²) in [5.41, 5.74) is 0.608. The number of benzene rings is 1. The Morgan fingerprint density at radius 3 is 2.06 bits per heavy atom. The summed E-state index contributed by atoms with van der Waals surface area (Å²) in [6, 6.07) is 4.74. The third-order valence-corrected chi connectivity index (χ3v) is 3.93. The zero-order chi connectivity index (χ0) is 12.1. The second-order valence-corrected chi connectivity index (χ2v) is 5.97. The van der Waals surface area contributed by atoms with Crippen LogP contribution in [0.15, 0.2) is 18.2 Å². The zero-order valence-corrected chi connectivity index (χ0v) is 10.7. The zero-order valence-electron chi connectivity index (χ0n) is 7.72. The van der Waals surface area contributed by atoms with Crippen LogP contribution in [0.3, 0.4) is 0 Å². The number of hydrogen-bond acceptors (Lipinski definition) is 2. The van der Waals surface area contributed by atoms with E-state index in [1.54, 1.807) is 18.2 Å². The van der Waals surface area contributed by atoms with Crippen LogP contribution in [0.1, 0.15) is 11.5 Å². The Bertz CT molecular complexity index is 438. The molecule has 1 aliphatic carbocycles. The molecule has 0 bridgehead atoms. The lowest BCUT2D eigenvalue weighted by Crippen LogP contribution is -2.26. The van der Waals surface area contributed by atoms with Gasteiger partial charge in [0.1, 0.15) is 4.33 Å². The number of hydrogen-bond donors (Lipinski definition) is 0. The summed E-state index contributed by atoms with van der Waals surface area (Å²) in [6.07, 6.45) is 0. The molecule has 1 fully saturated rings. The van der Waals surface area contributed by atoms with Crippen LogP contribution in [-0.2, 0) is 4.79 Å². The van der Waals surface area contributed by atoms with Gasteiger partial charge in [0.2, 0.25) is 0 Å². The lowest BCUT2D eigenvalue weighted by atomic mass is 10.1. The molecule has 0 N–H and O–H groups in total. The van der Waals surface area contributed by atoms with Gasteiger partial charge in [-0.05, 0) is 23.8 Å². The Morgan fingerprint density at radius 2 is 1.69 bits per heavy atom. The Hall–Kier alpha value is -0.150. The SMILES string of the molecule is O=C([O-])[C@H]1[C@H](c2cc(Cl)cc(Cl)c2)C1(Cl)Cl. The first-order chi connectivity index (χ1) is 7.34. The van der Waals surface area contributed by atoms with Gasteiger partial charge in [-0.3, -0.25) is 0 Å². The van der Waals surface area contributed by atoms with Gasteiger partial charge in [-0.15, -0.1) is 23.2 Å². The summed E-state index contributed by atoms with van der Waals surface area (Å²) in [7, 11) is 0. The van der Waals surface area contributed by atoms with E-state index in [2.05, 4.69) is 0 Å². The first-order valence-corrected chi connectivity index (χ1v) is 5.90. The van der Waals surface area contributed by atoms with Crippen molar-refractivity contribution in [2.45, 2.75) is 10.3 Å². The molecule has 6 heteroatoms. The van der Waals surface area contributed by atoms with Gasteiger partial charge in [-0.1, -0.05) is 23.2 Å². The second-order valence-electron chi connectivity index (χ2n) is 3.65. The van der Waals surface area contributed by atoms with Gasteiger partial charge in [0.15, 0.2) is 0 Å². The van der Waals surface area contributed by atoms with Gasteiger partial charge in [0.05, 0.1) is 0 Å². The van der Waals surface area contributed by atoms with Gasteiger partial charge < -0.3 is 9.90 Å². The van der Waals surface area contributed by atoms with Crippen molar-refractivity contribution in [3.05, 3.63) is 33.8 Å². The lowest BCUT2D eigenvalue weighted by molar-refractivity contribution is -0.308. The van der Waals surface area contributed by atoms with Crippen LogP contribution in [0.5, 0.6) is 0 Å². The lowest BCUT2D eigenvalue weighted by Gasteiger charge is -2.02. The number of aliphatic carboxylic acids is 1. The van der Waals surface area contributed by atoms with Crippen molar-refractivity contribution >= 4 is 52.4 Å². The average molecular weight is 299 g/mol. The Morgan fingerprint density at radius 1 is 1.19 bits per heavy atom. The molecule has 1 aliphatic rings. The monoisotopic (exact) mass is 297 g/mol. The first kappa shape index (κ1) is 12.3. The summed E-state index contributed by atoms with van der Waals surface area (Å²) >= 11 is 23.3. The molecule has 2 atom stereocenters. The van der Waals surface area contributed by atoms with Gasteiger partial charge in [0.25, 0.3) is 0 Å². The smallest absolute Gasteiger partial charge is 0.134 e. The summed E-state index contributed by atoms with van der Waals surface area (Å²) in [5, 5.41) is 11.6. The van der Waals surface area contributed by atoms with E-state index >= 15 is 0 Å². The molecule has 0 aliphatic heterocycles. The van der Waals surface area contributed by atoms with Gasteiger partial charge in [0, 0.05) is 27.9 Å². The van der Waals surface area contributed by atoms with Crippen LogP contribution >= 0.6 is 46.4 Å². The molecule has 0 unspecified atom stereocenters. The highest BCUT2D eigenvalue weighted by Gasteiger charge is 2.64. The van der Waals surface area contributed by atoms with E-state index < -0.39 is 22.1 Å². The molecule has 1 aromatic carbocycles. The predicted octanol–water partition coefficient (Wildman–Crippen LogP) is 2.63. The van der Waals surface area contributed by atoms with Crippen LogP contribution in [0, 0.1) is 5.92 Å². The van der Waals surface area contributed by atoms with Crippen molar-refractivity contribution in [2.24, 2.45) is 5.92 Å². The van der Waals surface area contributed by atoms with E-state index in [1.165, 1.54) is 0 Å². The van der Waals surface area contributed by atoms with Crippen molar-refractivity contribution in [1.29, 1.82) is 0 Å². The van der Waals surface area contributed by atoms with Crippen molar-refractivity contribution in [3.63, 3.8) is 0 Å². The molecule has 1 aromatic rings.